The predicted octanol–water partition coefficient (Wildman–Crippen LogP) is 2.39. The minimum atomic E-state index is -0.139. The zero-order valence-corrected chi connectivity index (χ0v) is 17.3. The summed E-state index contributed by atoms with van der Waals surface area (Å²) in [4.78, 5) is 33.3. The summed E-state index contributed by atoms with van der Waals surface area (Å²) < 4.78 is 6.91. The van der Waals surface area contributed by atoms with Crippen LogP contribution in [0.4, 0.5) is 5.82 Å². The van der Waals surface area contributed by atoms with Gasteiger partial charge in [-0.1, -0.05) is 24.3 Å². The standard InChI is InChI=1S/C22H25N5O3/c1-13(24-14(2)28)15-4-6-16(7-5-15)18-10-19-20(22(29)27(3)12-23-19)21(26-18)25-17-8-9-30-11-17/h4-7,10,12-13,17H,8-9,11H2,1-3H3,(H,24,28)(H,25,26). The molecular weight excluding hydrogens is 382 g/mol. The molecule has 2 N–H and O–H groups in total. The lowest BCUT2D eigenvalue weighted by molar-refractivity contribution is -0.119. The average molecular weight is 407 g/mol. The highest BCUT2D eigenvalue weighted by atomic mass is 16.5. The molecule has 2 atom stereocenters. The number of hydrogen-bond acceptors (Lipinski definition) is 6. The van der Waals surface area contributed by atoms with Gasteiger partial charge < -0.3 is 19.9 Å². The van der Waals surface area contributed by atoms with E-state index < -0.39 is 0 Å². The Labute approximate surface area is 174 Å². The molecular formula is C22H25N5O3. The van der Waals surface area contributed by atoms with Crippen molar-refractivity contribution in [2.24, 2.45) is 7.05 Å². The van der Waals surface area contributed by atoms with E-state index in [0.717, 1.165) is 23.2 Å². The average Bonchev–Trinajstić information content (AvgIpc) is 3.23. The molecule has 4 rings (SSSR count). The Bertz CT molecular complexity index is 1130. The van der Waals surface area contributed by atoms with Gasteiger partial charge in [0, 0.05) is 26.1 Å². The van der Waals surface area contributed by atoms with Crippen LogP contribution in [0.1, 0.15) is 31.9 Å². The van der Waals surface area contributed by atoms with Crippen molar-refractivity contribution in [1.82, 2.24) is 19.9 Å². The lowest BCUT2D eigenvalue weighted by atomic mass is 10.0. The highest BCUT2D eigenvalue weighted by molar-refractivity contribution is 5.91. The second-order valence-corrected chi connectivity index (χ2v) is 7.66. The monoisotopic (exact) mass is 407 g/mol. The molecule has 1 saturated heterocycles. The van der Waals surface area contributed by atoms with Crippen molar-refractivity contribution in [1.29, 1.82) is 0 Å². The molecule has 8 heteroatoms. The molecule has 2 unspecified atom stereocenters. The second-order valence-electron chi connectivity index (χ2n) is 7.66. The number of amides is 1. The Morgan fingerprint density at radius 1 is 1.30 bits per heavy atom. The summed E-state index contributed by atoms with van der Waals surface area (Å²) in [6.45, 7) is 4.73. The van der Waals surface area contributed by atoms with Gasteiger partial charge in [-0.2, -0.15) is 0 Å². The molecule has 3 aromatic rings. The van der Waals surface area contributed by atoms with E-state index in [1.807, 2.05) is 37.3 Å². The van der Waals surface area contributed by atoms with Crippen molar-refractivity contribution < 1.29 is 9.53 Å². The van der Waals surface area contributed by atoms with Crippen molar-refractivity contribution >= 4 is 22.6 Å². The summed E-state index contributed by atoms with van der Waals surface area (Å²) >= 11 is 0. The molecule has 2 aromatic heterocycles. The third-order valence-corrected chi connectivity index (χ3v) is 5.30. The maximum absolute atomic E-state index is 12.8. The van der Waals surface area contributed by atoms with Crippen LogP contribution in [0.5, 0.6) is 0 Å². The lowest BCUT2D eigenvalue weighted by Crippen LogP contribution is -2.24. The summed E-state index contributed by atoms with van der Waals surface area (Å²) in [6.07, 6.45) is 2.39. The summed E-state index contributed by atoms with van der Waals surface area (Å²) in [6, 6.07) is 9.73. The van der Waals surface area contributed by atoms with E-state index in [1.165, 1.54) is 17.8 Å². The Morgan fingerprint density at radius 2 is 2.07 bits per heavy atom. The number of hydrogen-bond donors (Lipinski definition) is 2. The Kier molecular flexibility index (Phi) is 5.50. The number of aromatic nitrogens is 3. The quantitative estimate of drug-likeness (QED) is 0.674. The van der Waals surface area contributed by atoms with E-state index in [-0.39, 0.29) is 23.6 Å². The summed E-state index contributed by atoms with van der Waals surface area (Å²) in [5, 5.41) is 6.73. The van der Waals surface area contributed by atoms with Gasteiger partial charge in [0.2, 0.25) is 5.91 Å². The molecule has 0 bridgehead atoms. The topological polar surface area (TPSA) is 98.1 Å². The molecule has 1 fully saturated rings. The Balaban J connectivity index is 1.75. The number of ether oxygens (including phenoxy) is 1. The van der Waals surface area contributed by atoms with Crippen LogP contribution in [0, 0.1) is 0 Å². The number of anilines is 1. The smallest absolute Gasteiger partial charge is 0.264 e. The fraction of sp³-hybridized carbons (Fsp3) is 0.364. The number of aryl methyl sites for hydroxylation is 1. The number of pyridine rings is 1. The zero-order valence-electron chi connectivity index (χ0n) is 17.3. The number of benzene rings is 1. The maximum atomic E-state index is 12.8. The van der Waals surface area contributed by atoms with Gasteiger partial charge in [0.15, 0.2) is 0 Å². The third-order valence-electron chi connectivity index (χ3n) is 5.30. The number of carbonyl (C=O) groups excluding carboxylic acids is 1. The first-order chi connectivity index (χ1) is 14.4. The van der Waals surface area contributed by atoms with Crippen LogP contribution < -0.4 is 16.2 Å². The first-order valence-corrected chi connectivity index (χ1v) is 10.0. The van der Waals surface area contributed by atoms with Gasteiger partial charge in [0.1, 0.15) is 11.2 Å². The van der Waals surface area contributed by atoms with Crippen molar-refractivity contribution in [3.63, 3.8) is 0 Å². The molecule has 0 saturated carbocycles. The molecule has 3 heterocycles. The van der Waals surface area contributed by atoms with E-state index in [0.29, 0.717) is 29.9 Å². The van der Waals surface area contributed by atoms with Crippen molar-refractivity contribution in [2.75, 3.05) is 18.5 Å². The molecule has 1 aliphatic heterocycles. The fourth-order valence-electron chi connectivity index (χ4n) is 3.65. The lowest BCUT2D eigenvalue weighted by Gasteiger charge is -2.16. The minimum absolute atomic E-state index is 0.0676. The largest absolute Gasteiger partial charge is 0.379 e. The molecule has 156 valence electrons. The first kappa shape index (κ1) is 20.0. The molecule has 0 aliphatic carbocycles. The Hall–Kier alpha value is -3.26. The number of carbonyl (C=O) groups is 1. The van der Waals surface area contributed by atoms with Crippen LogP contribution in [0.2, 0.25) is 0 Å². The summed E-state index contributed by atoms with van der Waals surface area (Å²) in [5.74, 6) is 0.462. The molecule has 0 radical (unpaired) electrons. The van der Waals surface area contributed by atoms with E-state index in [9.17, 15) is 9.59 Å². The van der Waals surface area contributed by atoms with Gasteiger partial charge in [0.25, 0.3) is 5.56 Å². The fourth-order valence-corrected chi connectivity index (χ4v) is 3.65. The minimum Gasteiger partial charge on any atom is -0.379 e. The highest BCUT2D eigenvalue weighted by Crippen LogP contribution is 2.27. The first-order valence-electron chi connectivity index (χ1n) is 10.0. The van der Waals surface area contributed by atoms with Crippen LogP contribution in [0.15, 0.2) is 41.5 Å². The molecule has 1 amide bonds. The number of fused-ring (bicyclic) bond motifs is 1. The van der Waals surface area contributed by atoms with E-state index in [2.05, 4.69) is 15.6 Å². The van der Waals surface area contributed by atoms with Crippen molar-refractivity contribution in [3.05, 3.63) is 52.6 Å². The summed E-state index contributed by atoms with van der Waals surface area (Å²) in [5.41, 5.74) is 3.09. The van der Waals surface area contributed by atoms with Crippen molar-refractivity contribution in [3.8, 4) is 11.3 Å². The normalized spacial score (nSPS) is 17.1. The molecule has 1 aromatic carbocycles. The van der Waals surface area contributed by atoms with Gasteiger partial charge >= 0.3 is 0 Å². The van der Waals surface area contributed by atoms with E-state index in [1.54, 1.807) is 7.05 Å². The molecule has 0 spiro atoms. The SMILES string of the molecule is CC(=O)NC(C)c1ccc(-c2cc3ncn(C)c(=O)c3c(NC3CCOC3)n2)cc1. The van der Waals surface area contributed by atoms with Gasteiger partial charge in [-0.25, -0.2) is 9.97 Å². The van der Waals surface area contributed by atoms with E-state index >= 15 is 0 Å². The highest BCUT2D eigenvalue weighted by Gasteiger charge is 2.20. The van der Waals surface area contributed by atoms with Gasteiger partial charge in [0.05, 0.1) is 36.2 Å². The zero-order chi connectivity index (χ0) is 21.3. The van der Waals surface area contributed by atoms with Crippen LogP contribution in [-0.4, -0.2) is 39.7 Å². The van der Waals surface area contributed by atoms with Gasteiger partial charge in [-0.15, -0.1) is 0 Å². The third kappa shape index (κ3) is 4.04. The molecule has 1 aliphatic rings. The molecule has 30 heavy (non-hydrogen) atoms. The van der Waals surface area contributed by atoms with Crippen LogP contribution in [-0.2, 0) is 16.6 Å². The predicted molar refractivity (Wildman–Crippen MR) is 115 cm³/mol. The number of nitrogens with zero attached hydrogens (tertiary/aromatic N) is 3. The van der Waals surface area contributed by atoms with Crippen LogP contribution in [0.25, 0.3) is 22.2 Å². The van der Waals surface area contributed by atoms with E-state index in [4.69, 9.17) is 9.72 Å². The van der Waals surface area contributed by atoms with Crippen LogP contribution >= 0.6 is 0 Å². The van der Waals surface area contributed by atoms with Crippen LogP contribution in [0.3, 0.4) is 0 Å². The Morgan fingerprint density at radius 3 is 2.73 bits per heavy atom. The van der Waals surface area contributed by atoms with Gasteiger partial charge in [-0.05, 0) is 25.0 Å². The number of rotatable bonds is 5. The van der Waals surface area contributed by atoms with Crippen molar-refractivity contribution in [2.45, 2.75) is 32.4 Å². The molecule has 8 nitrogen and oxygen atoms in total. The summed E-state index contributed by atoms with van der Waals surface area (Å²) in [7, 11) is 1.68. The van der Waals surface area contributed by atoms with Gasteiger partial charge in [-0.3, -0.25) is 9.59 Å². The second kappa shape index (κ2) is 8.23. The maximum Gasteiger partial charge on any atom is 0.264 e. The number of nitrogens with one attached hydrogen (secondary N) is 2.